The third kappa shape index (κ3) is 2.43. The Morgan fingerprint density at radius 2 is 2.38 bits per heavy atom. The Balaban J connectivity index is 2.29. The Hall–Kier alpha value is -0.480. The van der Waals surface area contributed by atoms with Crippen LogP contribution in [0, 0.1) is 0 Å². The maximum absolute atomic E-state index is 5.63. The lowest BCUT2D eigenvalue weighted by Gasteiger charge is -2.06. The van der Waals surface area contributed by atoms with Crippen LogP contribution >= 0.6 is 27.7 Å². The summed E-state index contributed by atoms with van der Waals surface area (Å²) in [4.78, 5) is 4.61. The maximum atomic E-state index is 5.63. The van der Waals surface area contributed by atoms with E-state index in [1.807, 2.05) is 12.1 Å². The quantitative estimate of drug-likeness (QED) is 0.852. The van der Waals surface area contributed by atoms with Gasteiger partial charge in [0.25, 0.3) is 0 Å². The van der Waals surface area contributed by atoms with Crippen LogP contribution < -0.4 is 0 Å². The highest BCUT2D eigenvalue weighted by Gasteiger charge is 2.22. The third-order valence-electron chi connectivity index (χ3n) is 2.42. The van der Waals surface area contributed by atoms with Gasteiger partial charge in [-0.15, -0.1) is 0 Å². The second-order valence-corrected chi connectivity index (χ2v) is 5.57. The Labute approximate surface area is 109 Å². The van der Waals surface area contributed by atoms with Crippen molar-refractivity contribution in [2.75, 3.05) is 12.0 Å². The van der Waals surface area contributed by atoms with Gasteiger partial charge in [-0.25, -0.2) is 4.99 Å². The molecule has 0 aliphatic carbocycles. The van der Waals surface area contributed by atoms with E-state index < -0.39 is 0 Å². The zero-order valence-corrected chi connectivity index (χ0v) is 11.8. The van der Waals surface area contributed by atoms with Crippen LogP contribution in [0.15, 0.2) is 27.7 Å². The van der Waals surface area contributed by atoms with Crippen molar-refractivity contribution in [3.8, 4) is 0 Å². The summed E-state index contributed by atoms with van der Waals surface area (Å²) in [5.74, 6) is 1.80. The Morgan fingerprint density at radius 1 is 1.56 bits per heavy atom. The number of thioether (sulfide) groups is 1. The average molecular weight is 300 g/mol. The second kappa shape index (κ2) is 5.23. The molecule has 0 N–H and O–H groups in total. The van der Waals surface area contributed by atoms with Gasteiger partial charge >= 0.3 is 0 Å². The number of ether oxygens (including phenoxy) is 1. The molecular formula is C12H14BrNOS. The summed E-state index contributed by atoms with van der Waals surface area (Å²) < 4.78 is 6.70. The summed E-state index contributed by atoms with van der Waals surface area (Å²) in [5, 5.41) is 0. The number of hydrogen-bond acceptors (Lipinski definition) is 3. The van der Waals surface area contributed by atoms with Crippen molar-refractivity contribution in [1.82, 2.24) is 0 Å². The van der Waals surface area contributed by atoms with Crippen molar-refractivity contribution in [1.29, 1.82) is 0 Å². The molecule has 1 aliphatic heterocycles. The molecule has 1 aromatic rings. The lowest BCUT2D eigenvalue weighted by molar-refractivity contribution is 0.310. The molecule has 1 aliphatic rings. The lowest BCUT2D eigenvalue weighted by atomic mass is 10.1. The fourth-order valence-electron chi connectivity index (χ4n) is 1.73. The number of fused-ring (bicyclic) bond motifs is 1. The summed E-state index contributed by atoms with van der Waals surface area (Å²) in [7, 11) is 0. The number of hydrogen-bond donors (Lipinski definition) is 0. The van der Waals surface area contributed by atoms with E-state index in [0.29, 0.717) is 12.6 Å². The standard InChI is InChI=1S/C12H14BrNOS/c1-8(7-16-2)14-12-11-9(6-15-12)4-3-5-10(11)13/h3-5,8H,6-7H2,1-2H3. The van der Waals surface area contributed by atoms with Gasteiger partial charge in [-0.3, -0.25) is 0 Å². The number of nitrogens with zero attached hydrogens (tertiary/aromatic N) is 1. The Bertz CT molecular complexity index is 419. The van der Waals surface area contributed by atoms with E-state index in [1.54, 1.807) is 11.8 Å². The van der Waals surface area contributed by atoms with Gasteiger partial charge in [0.05, 0.1) is 11.6 Å². The Kier molecular flexibility index (Phi) is 3.92. The molecule has 0 saturated heterocycles. The van der Waals surface area contributed by atoms with Crippen LogP contribution in [-0.4, -0.2) is 23.9 Å². The summed E-state index contributed by atoms with van der Waals surface area (Å²) in [6.45, 7) is 2.75. The number of aliphatic imine (C=N–C) groups is 1. The molecule has 0 radical (unpaired) electrons. The molecule has 0 fully saturated rings. The van der Waals surface area contributed by atoms with Crippen LogP contribution in [-0.2, 0) is 11.3 Å². The van der Waals surface area contributed by atoms with E-state index in [4.69, 9.17) is 4.74 Å². The van der Waals surface area contributed by atoms with Gasteiger partial charge < -0.3 is 4.74 Å². The van der Waals surface area contributed by atoms with Crippen molar-refractivity contribution in [2.45, 2.75) is 19.6 Å². The van der Waals surface area contributed by atoms with Gasteiger partial charge in [0.1, 0.15) is 6.61 Å². The molecule has 1 aromatic carbocycles. The molecule has 86 valence electrons. The summed E-state index contributed by atoms with van der Waals surface area (Å²) >= 11 is 5.35. The van der Waals surface area contributed by atoms with Gasteiger partial charge in [-0.05, 0) is 35.2 Å². The lowest BCUT2D eigenvalue weighted by Crippen LogP contribution is -2.08. The molecular weight excluding hydrogens is 286 g/mol. The van der Waals surface area contributed by atoms with E-state index in [2.05, 4.69) is 40.2 Å². The zero-order chi connectivity index (χ0) is 11.5. The third-order valence-corrected chi connectivity index (χ3v) is 3.90. The van der Waals surface area contributed by atoms with Gasteiger partial charge in [0.2, 0.25) is 5.90 Å². The molecule has 16 heavy (non-hydrogen) atoms. The fraction of sp³-hybridized carbons (Fsp3) is 0.417. The highest BCUT2D eigenvalue weighted by Crippen LogP contribution is 2.28. The highest BCUT2D eigenvalue weighted by molar-refractivity contribution is 9.10. The van der Waals surface area contributed by atoms with Crippen LogP contribution in [0.25, 0.3) is 0 Å². The van der Waals surface area contributed by atoms with Gasteiger partial charge in [0.15, 0.2) is 0 Å². The van der Waals surface area contributed by atoms with Gasteiger partial charge in [0, 0.05) is 15.8 Å². The van der Waals surface area contributed by atoms with Crippen molar-refractivity contribution in [2.24, 2.45) is 4.99 Å². The van der Waals surface area contributed by atoms with Gasteiger partial charge in [-0.2, -0.15) is 11.8 Å². The van der Waals surface area contributed by atoms with Crippen LogP contribution in [0.2, 0.25) is 0 Å². The van der Waals surface area contributed by atoms with Crippen molar-refractivity contribution < 1.29 is 4.74 Å². The smallest absolute Gasteiger partial charge is 0.218 e. The van der Waals surface area contributed by atoms with E-state index in [1.165, 1.54) is 5.56 Å². The summed E-state index contributed by atoms with van der Waals surface area (Å²) in [6, 6.07) is 6.44. The first-order valence-corrected chi connectivity index (χ1v) is 7.38. The summed E-state index contributed by atoms with van der Waals surface area (Å²) in [5.41, 5.74) is 2.33. The van der Waals surface area contributed by atoms with E-state index >= 15 is 0 Å². The molecule has 0 aromatic heterocycles. The minimum absolute atomic E-state index is 0.294. The SMILES string of the molecule is CSCC(C)N=C1OCc2cccc(Br)c21. The molecule has 0 spiro atoms. The molecule has 1 heterocycles. The first-order chi connectivity index (χ1) is 7.72. The van der Waals surface area contributed by atoms with Crippen molar-refractivity contribution >= 4 is 33.6 Å². The highest BCUT2D eigenvalue weighted by atomic mass is 79.9. The minimum Gasteiger partial charge on any atom is -0.473 e. The van der Waals surface area contributed by atoms with Crippen molar-refractivity contribution in [3.05, 3.63) is 33.8 Å². The normalized spacial score (nSPS) is 18.3. The molecule has 4 heteroatoms. The van der Waals surface area contributed by atoms with E-state index in [-0.39, 0.29) is 0 Å². The first-order valence-electron chi connectivity index (χ1n) is 5.19. The number of halogens is 1. The molecule has 0 saturated carbocycles. The molecule has 2 nitrogen and oxygen atoms in total. The first kappa shape index (κ1) is 12.0. The van der Waals surface area contributed by atoms with Crippen LogP contribution in [0.1, 0.15) is 18.1 Å². The minimum atomic E-state index is 0.294. The predicted molar refractivity (Wildman–Crippen MR) is 73.3 cm³/mol. The monoisotopic (exact) mass is 299 g/mol. The molecule has 2 rings (SSSR count). The Morgan fingerprint density at radius 3 is 3.12 bits per heavy atom. The molecule has 1 atom stereocenters. The zero-order valence-electron chi connectivity index (χ0n) is 9.37. The van der Waals surface area contributed by atoms with Crippen LogP contribution in [0.5, 0.6) is 0 Å². The number of rotatable bonds is 3. The van der Waals surface area contributed by atoms with Gasteiger partial charge in [-0.1, -0.05) is 12.1 Å². The molecule has 0 amide bonds. The van der Waals surface area contributed by atoms with Crippen LogP contribution in [0.3, 0.4) is 0 Å². The van der Waals surface area contributed by atoms with E-state index in [0.717, 1.165) is 21.7 Å². The largest absolute Gasteiger partial charge is 0.473 e. The van der Waals surface area contributed by atoms with Crippen molar-refractivity contribution in [3.63, 3.8) is 0 Å². The average Bonchev–Trinajstić information content (AvgIpc) is 2.63. The predicted octanol–water partition coefficient (Wildman–Crippen LogP) is 3.48. The topological polar surface area (TPSA) is 21.6 Å². The maximum Gasteiger partial charge on any atom is 0.218 e. The summed E-state index contributed by atoms with van der Waals surface area (Å²) in [6.07, 6.45) is 2.09. The van der Waals surface area contributed by atoms with E-state index in [9.17, 15) is 0 Å². The van der Waals surface area contributed by atoms with Crippen LogP contribution in [0.4, 0.5) is 0 Å². The molecule has 1 unspecified atom stereocenters. The second-order valence-electron chi connectivity index (χ2n) is 3.80. The number of benzene rings is 1. The fourth-order valence-corrected chi connectivity index (χ4v) is 2.86. The molecule has 0 bridgehead atoms.